The van der Waals surface area contributed by atoms with Gasteiger partial charge < -0.3 is 5.11 Å². The molecule has 1 atom stereocenters. The molecule has 4 aromatic rings. The molecule has 1 fully saturated rings. The van der Waals surface area contributed by atoms with Gasteiger partial charge in [0, 0.05) is 15.8 Å². The van der Waals surface area contributed by atoms with Crippen molar-refractivity contribution in [1.29, 1.82) is 0 Å². The van der Waals surface area contributed by atoms with Crippen molar-refractivity contribution in [3.8, 4) is 0 Å². The molecule has 1 aliphatic heterocycles. The number of nitrogens with zero attached hydrogens (tertiary/aromatic N) is 3. The first kappa shape index (κ1) is 26.8. The van der Waals surface area contributed by atoms with E-state index in [0.29, 0.717) is 31.8 Å². The average molecular weight is 651 g/mol. The number of anilines is 1. The SMILES string of the molecule is O=C1C(=O)N(c2nnc(SCc3ccccc3F)s2)C(c2ccc(Cl)c(Cl)c2)/C1=C(/O)c1ccc(Br)cc1. The summed E-state index contributed by atoms with van der Waals surface area (Å²) >= 11 is 18.1. The molecule has 6 nitrogen and oxygen atoms in total. The van der Waals surface area contributed by atoms with Gasteiger partial charge in [-0.3, -0.25) is 14.5 Å². The van der Waals surface area contributed by atoms with E-state index in [1.54, 1.807) is 54.6 Å². The van der Waals surface area contributed by atoms with Gasteiger partial charge >= 0.3 is 5.91 Å². The Balaban J connectivity index is 1.56. The van der Waals surface area contributed by atoms with Gasteiger partial charge in [-0.05, 0) is 41.5 Å². The van der Waals surface area contributed by atoms with Crippen LogP contribution in [0.1, 0.15) is 22.7 Å². The Hall–Kier alpha value is -2.76. The third-order valence-electron chi connectivity index (χ3n) is 5.73. The molecule has 1 unspecified atom stereocenters. The molecule has 1 amide bonds. The van der Waals surface area contributed by atoms with E-state index in [1.165, 1.54) is 28.8 Å². The number of halogens is 4. The summed E-state index contributed by atoms with van der Waals surface area (Å²) in [7, 11) is 0. The highest BCUT2D eigenvalue weighted by Crippen LogP contribution is 2.45. The summed E-state index contributed by atoms with van der Waals surface area (Å²) in [5, 5.41) is 20.1. The number of aromatic nitrogens is 2. The number of benzene rings is 3. The second-order valence-corrected chi connectivity index (χ2v) is 12.0. The molecular weight excluding hydrogens is 636 g/mol. The van der Waals surface area contributed by atoms with Gasteiger partial charge in [0.15, 0.2) is 4.34 Å². The van der Waals surface area contributed by atoms with Crippen molar-refractivity contribution in [2.75, 3.05) is 4.90 Å². The highest BCUT2D eigenvalue weighted by Gasteiger charge is 2.48. The first-order valence-electron chi connectivity index (χ1n) is 11.0. The number of rotatable bonds is 6. The molecule has 0 saturated carbocycles. The van der Waals surface area contributed by atoms with Gasteiger partial charge in [-0.25, -0.2) is 4.39 Å². The standard InChI is InChI=1S/C26H15BrCl2FN3O3S2/c27-16-8-5-13(6-9-16)22(34)20-21(14-7-10-17(28)18(29)11-14)33(24(36)23(20)35)25-31-32-26(38-25)37-12-15-3-1-2-4-19(15)30/h1-11,21,34H,12H2/b22-20-. The van der Waals surface area contributed by atoms with Crippen LogP contribution in [0.3, 0.4) is 0 Å². The molecule has 5 rings (SSSR count). The van der Waals surface area contributed by atoms with E-state index in [-0.39, 0.29) is 27.3 Å². The van der Waals surface area contributed by atoms with Gasteiger partial charge in [0.2, 0.25) is 5.13 Å². The lowest BCUT2D eigenvalue weighted by Crippen LogP contribution is -2.29. The quantitative estimate of drug-likeness (QED) is 0.0758. The Labute approximate surface area is 243 Å². The van der Waals surface area contributed by atoms with Crippen LogP contribution in [0, 0.1) is 5.82 Å². The molecule has 1 aliphatic rings. The second kappa shape index (κ2) is 11.2. The van der Waals surface area contributed by atoms with Crippen LogP contribution in [-0.2, 0) is 15.3 Å². The third kappa shape index (κ3) is 5.23. The summed E-state index contributed by atoms with van der Waals surface area (Å²) in [4.78, 5) is 27.8. The number of aliphatic hydroxyl groups is 1. The molecule has 0 radical (unpaired) electrons. The number of ketones is 1. The van der Waals surface area contributed by atoms with E-state index in [4.69, 9.17) is 23.2 Å². The molecule has 0 spiro atoms. The van der Waals surface area contributed by atoms with Gasteiger partial charge in [0.1, 0.15) is 11.6 Å². The maximum atomic E-state index is 14.0. The lowest BCUT2D eigenvalue weighted by atomic mass is 9.95. The van der Waals surface area contributed by atoms with Crippen molar-refractivity contribution in [3.05, 3.63) is 109 Å². The summed E-state index contributed by atoms with van der Waals surface area (Å²) in [5.41, 5.74) is 1.19. The number of carbonyl (C=O) groups is 2. The molecular formula is C26H15BrCl2FN3O3S2. The minimum absolute atomic E-state index is 0.119. The number of Topliss-reactive ketones (excluding diaryl/α,β-unsaturated/α-hetero) is 1. The fraction of sp³-hybridized carbons (Fsp3) is 0.0769. The Morgan fingerprint density at radius 2 is 1.79 bits per heavy atom. The molecule has 192 valence electrons. The zero-order chi connectivity index (χ0) is 27.0. The van der Waals surface area contributed by atoms with Crippen molar-refractivity contribution >= 4 is 84.8 Å². The van der Waals surface area contributed by atoms with E-state index < -0.39 is 17.7 Å². The predicted molar refractivity (Wildman–Crippen MR) is 151 cm³/mol. The number of hydrogen-bond donors (Lipinski definition) is 1. The number of aliphatic hydroxyl groups excluding tert-OH is 1. The molecule has 0 bridgehead atoms. The maximum absolute atomic E-state index is 14.0. The van der Waals surface area contributed by atoms with E-state index >= 15 is 0 Å². The van der Waals surface area contributed by atoms with E-state index in [9.17, 15) is 19.1 Å². The zero-order valence-corrected chi connectivity index (χ0v) is 23.8. The van der Waals surface area contributed by atoms with Crippen molar-refractivity contribution in [2.24, 2.45) is 0 Å². The van der Waals surface area contributed by atoms with Gasteiger partial charge in [0.25, 0.3) is 5.78 Å². The van der Waals surface area contributed by atoms with Gasteiger partial charge in [0.05, 0.1) is 21.7 Å². The van der Waals surface area contributed by atoms with Crippen LogP contribution in [0.2, 0.25) is 10.0 Å². The van der Waals surface area contributed by atoms with Crippen molar-refractivity contribution in [3.63, 3.8) is 0 Å². The van der Waals surface area contributed by atoms with E-state index in [1.807, 2.05) is 0 Å². The topological polar surface area (TPSA) is 83.4 Å². The van der Waals surface area contributed by atoms with Crippen LogP contribution in [0.15, 0.2) is 81.1 Å². The minimum atomic E-state index is -1.04. The average Bonchev–Trinajstić information content (AvgIpc) is 3.47. The lowest BCUT2D eigenvalue weighted by Gasteiger charge is -2.22. The van der Waals surface area contributed by atoms with Crippen LogP contribution >= 0.6 is 62.2 Å². The second-order valence-electron chi connectivity index (χ2n) is 8.08. The smallest absolute Gasteiger partial charge is 0.301 e. The van der Waals surface area contributed by atoms with Crippen LogP contribution in [0.5, 0.6) is 0 Å². The third-order valence-corrected chi connectivity index (χ3v) is 9.10. The number of hydrogen-bond acceptors (Lipinski definition) is 7. The highest BCUT2D eigenvalue weighted by atomic mass is 79.9. The normalized spacial score (nSPS) is 16.8. The molecule has 3 aromatic carbocycles. The van der Waals surface area contributed by atoms with Crippen LogP contribution in [-0.4, -0.2) is 27.0 Å². The Kier molecular flexibility index (Phi) is 7.88. The van der Waals surface area contributed by atoms with E-state index in [2.05, 4.69) is 26.1 Å². The number of carbonyl (C=O) groups excluding carboxylic acids is 2. The van der Waals surface area contributed by atoms with Crippen molar-refractivity contribution in [2.45, 2.75) is 16.1 Å². The van der Waals surface area contributed by atoms with Gasteiger partial charge in [-0.2, -0.15) is 0 Å². The molecule has 1 aromatic heterocycles. The predicted octanol–water partition coefficient (Wildman–Crippen LogP) is 7.67. The molecule has 0 aliphatic carbocycles. The molecule has 1 N–H and O–H groups in total. The first-order valence-corrected chi connectivity index (χ1v) is 14.3. The minimum Gasteiger partial charge on any atom is -0.507 e. The summed E-state index contributed by atoms with van der Waals surface area (Å²) in [6.07, 6.45) is 0. The van der Waals surface area contributed by atoms with E-state index in [0.717, 1.165) is 15.8 Å². The fourth-order valence-electron chi connectivity index (χ4n) is 3.90. The molecule has 2 heterocycles. The molecule has 12 heteroatoms. The Morgan fingerprint density at radius 1 is 1.05 bits per heavy atom. The number of amides is 1. The zero-order valence-electron chi connectivity index (χ0n) is 19.1. The Bertz CT molecular complexity index is 1600. The van der Waals surface area contributed by atoms with Crippen molar-refractivity contribution < 1.29 is 19.1 Å². The largest absolute Gasteiger partial charge is 0.507 e. The highest BCUT2D eigenvalue weighted by molar-refractivity contribution is 9.10. The molecule has 38 heavy (non-hydrogen) atoms. The summed E-state index contributed by atoms with van der Waals surface area (Å²) in [6.45, 7) is 0. The van der Waals surface area contributed by atoms with Crippen LogP contribution < -0.4 is 4.90 Å². The van der Waals surface area contributed by atoms with Crippen LogP contribution in [0.25, 0.3) is 5.76 Å². The van der Waals surface area contributed by atoms with Crippen LogP contribution in [0.4, 0.5) is 9.52 Å². The Morgan fingerprint density at radius 3 is 2.50 bits per heavy atom. The van der Waals surface area contributed by atoms with Crippen molar-refractivity contribution in [1.82, 2.24) is 10.2 Å². The van der Waals surface area contributed by atoms with Gasteiger partial charge in [-0.15, -0.1) is 10.2 Å². The number of thioether (sulfide) groups is 1. The molecule has 1 saturated heterocycles. The summed E-state index contributed by atoms with van der Waals surface area (Å²) in [5.74, 6) is -2.12. The first-order chi connectivity index (χ1) is 18.2. The monoisotopic (exact) mass is 649 g/mol. The lowest BCUT2D eigenvalue weighted by molar-refractivity contribution is -0.132. The summed E-state index contributed by atoms with van der Waals surface area (Å²) in [6, 6.07) is 16.8. The summed E-state index contributed by atoms with van der Waals surface area (Å²) < 4.78 is 15.3. The maximum Gasteiger partial charge on any atom is 0.301 e. The van der Waals surface area contributed by atoms with Gasteiger partial charge in [-0.1, -0.05) is 98.6 Å². The fourth-order valence-corrected chi connectivity index (χ4v) is 6.33.